The van der Waals surface area contributed by atoms with Gasteiger partial charge in [-0.1, -0.05) is 24.3 Å². The molecule has 1 unspecified atom stereocenters. The summed E-state index contributed by atoms with van der Waals surface area (Å²) in [5, 5.41) is 14.5. The molecular formula is C19H19F2N3O. The van der Waals surface area contributed by atoms with E-state index in [9.17, 15) is 13.9 Å². The Bertz CT molecular complexity index is 815. The molecule has 1 heterocycles. The van der Waals surface area contributed by atoms with E-state index in [-0.39, 0.29) is 12.1 Å². The highest BCUT2D eigenvalue weighted by Crippen LogP contribution is 2.21. The van der Waals surface area contributed by atoms with Crippen LogP contribution in [0.3, 0.4) is 0 Å². The molecule has 1 aromatic heterocycles. The van der Waals surface area contributed by atoms with Gasteiger partial charge in [-0.2, -0.15) is 5.10 Å². The lowest BCUT2D eigenvalue weighted by molar-refractivity contribution is 0.117. The molecule has 0 radical (unpaired) electrons. The van der Waals surface area contributed by atoms with Crippen LogP contribution in [0.25, 0.3) is 5.69 Å². The second kappa shape index (κ2) is 7.55. The van der Waals surface area contributed by atoms with Crippen molar-refractivity contribution in [2.24, 2.45) is 0 Å². The zero-order valence-corrected chi connectivity index (χ0v) is 13.8. The quantitative estimate of drug-likeness (QED) is 0.746. The number of para-hydroxylation sites is 1. The summed E-state index contributed by atoms with van der Waals surface area (Å²) in [5.74, 6) is -1.48. The molecule has 0 saturated heterocycles. The molecule has 130 valence electrons. The first-order valence-corrected chi connectivity index (χ1v) is 7.94. The lowest BCUT2D eigenvalue weighted by Gasteiger charge is -2.20. The van der Waals surface area contributed by atoms with Crippen molar-refractivity contribution in [3.05, 3.63) is 83.7 Å². The Hall–Kier alpha value is -2.57. The van der Waals surface area contributed by atoms with Crippen LogP contribution in [0.5, 0.6) is 0 Å². The van der Waals surface area contributed by atoms with E-state index in [1.165, 1.54) is 6.07 Å². The normalized spacial score (nSPS) is 12.5. The third kappa shape index (κ3) is 4.10. The molecule has 1 atom stereocenters. The second-order valence-electron chi connectivity index (χ2n) is 5.98. The molecule has 0 fully saturated rings. The van der Waals surface area contributed by atoms with Crippen molar-refractivity contribution < 1.29 is 13.9 Å². The first-order valence-electron chi connectivity index (χ1n) is 7.94. The van der Waals surface area contributed by atoms with E-state index in [4.69, 9.17) is 0 Å². The molecular weight excluding hydrogens is 324 g/mol. The zero-order chi connectivity index (χ0) is 17.8. The van der Waals surface area contributed by atoms with Crippen molar-refractivity contribution in [1.29, 1.82) is 0 Å². The predicted molar refractivity (Wildman–Crippen MR) is 91.2 cm³/mol. The molecule has 0 aliphatic heterocycles. The van der Waals surface area contributed by atoms with Crippen molar-refractivity contribution in [2.75, 3.05) is 13.6 Å². The van der Waals surface area contributed by atoms with Gasteiger partial charge in [0.05, 0.1) is 23.6 Å². The van der Waals surface area contributed by atoms with Gasteiger partial charge in [-0.05, 0) is 31.3 Å². The maximum absolute atomic E-state index is 13.7. The molecule has 3 aromatic rings. The summed E-state index contributed by atoms with van der Waals surface area (Å²) in [7, 11) is 1.78. The van der Waals surface area contributed by atoms with E-state index in [0.717, 1.165) is 23.4 Å². The monoisotopic (exact) mass is 343 g/mol. The predicted octanol–water partition coefficient (Wildman–Crippen LogP) is 3.32. The number of aliphatic hydroxyl groups excluding tert-OH is 1. The molecule has 0 amide bonds. The lowest BCUT2D eigenvalue weighted by Crippen LogP contribution is -2.25. The Labute approximate surface area is 144 Å². The number of likely N-dealkylation sites (N-methyl/N-ethyl adjacent to an activating group) is 1. The number of nitrogens with zero attached hydrogens (tertiary/aromatic N) is 3. The van der Waals surface area contributed by atoms with E-state index in [2.05, 4.69) is 5.10 Å². The van der Waals surface area contributed by atoms with Crippen LogP contribution in [-0.2, 0) is 6.54 Å². The molecule has 2 aromatic carbocycles. The van der Waals surface area contributed by atoms with Crippen LogP contribution in [-0.4, -0.2) is 33.4 Å². The minimum Gasteiger partial charge on any atom is -0.387 e. The Morgan fingerprint density at radius 3 is 2.44 bits per heavy atom. The third-order valence-electron chi connectivity index (χ3n) is 3.93. The largest absolute Gasteiger partial charge is 0.387 e. The third-order valence-corrected chi connectivity index (χ3v) is 3.93. The van der Waals surface area contributed by atoms with E-state index in [0.29, 0.717) is 6.54 Å². The number of aromatic nitrogens is 2. The first kappa shape index (κ1) is 17.3. The van der Waals surface area contributed by atoms with Gasteiger partial charge in [-0.3, -0.25) is 4.90 Å². The lowest BCUT2D eigenvalue weighted by atomic mass is 10.1. The average molecular weight is 343 g/mol. The fourth-order valence-corrected chi connectivity index (χ4v) is 2.76. The minimum atomic E-state index is -1.24. The average Bonchev–Trinajstić information content (AvgIpc) is 3.03. The highest BCUT2D eigenvalue weighted by atomic mass is 19.1. The molecule has 1 N–H and O–H groups in total. The molecule has 4 nitrogen and oxygen atoms in total. The van der Waals surface area contributed by atoms with Gasteiger partial charge >= 0.3 is 0 Å². The van der Waals surface area contributed by atoms with Gasteiger partial charge in [0, 0.05) is 24.8 Å². The molecule has 0 aliphatic carbocycles. The number of benzene rings is 2. The van der Waals surface area contributed by atoms with Gasteiger partial charge in [-0.25, -0.2) is 13.5 Å². The van der Waals surface area contributed by atoms with E-state index in [1.807, 2.05) is 36.5 Å². The van der Waals surface area contributed by atoms with Crippen LogP contribution < -0.4 is 0 Å². The number of hydrogen-bond donors (Lipinski definition) is 1. The fourth-order valence-electron chi connectivity index (χ4n) is 2.76. The highest BCUT2D eigenvalue weighted by molar-refractivity contribution is 5.31. The molecule has 0 spiro atoms. The van der Waals surface area contributed by atoms with E-state index in [1.54, 1.807) is 22.8 Å². The molecule has 0 aliphatic rings. The summed E-state index contributed by atoms with van der Waals surface area (Å²) in [6.07, 6.45) is 2.39. The zero-order valence-electron chi connectivity index (χ0n) is 13.8. The Morgan fingerprint density at radius 1 is 1.08 bits per heavy atom. The molecule has 25 heavy (non-hydrogen) atoms. The summed E-state index contributed by atoms with van der Waals surface area (Å²) >= 11 is 0. The highest BCUT2D eigenvalue weighted by Gasteiger charge is 2.19. The minimum absolute atomic E-state index is 0.106. The standard InChI is InChI=1S/C19H19F2N3O/c1-23(13-18(25)19-16(20)8-5-9-17(19)21)11-14-10-22-24(12-14)15-6-3-2-4-7-15/h2-10,12,18,25H,11,13H2,1H3. The maximum atomic E-state index is 13.7. The van der Waals surface area contributed by atoms with Crippen LogP contribution in [0.15, 0.2) is 60.9 Å². The van der Waals surface area contributed by atoms with Crippen molar-refractivity contribution in [3.8, 4) is 5.69 Å². The second-order valence-corrected chi connectivity index (χ2v) is 5.98. The summed E-state index contributed by atoms with van der Waals surface area (Å²) in [6.45, 7) is 0.605. The number of halogens is 2. The van der Waals surface area contributed by atoms with Crippen molar-refractivity contribution in [2.45, 2.75) is 12.6 Å². The summed E-state index contributed by atoms with van der Waals surface area (Å²) in [4.78, 5) is 1.79. The van der Waals surface area contributed by atoms with Crippen LogP contribution in [0.1, 0.15) is 17.2 Å². The SMILES string of the molecule is CN(Cc1cnn(-c2ccccc2)c1)CC(O)c1c(F)cccc1F. The van der Waals surface area contributed by atoms with E-state index < -0.39 is 17.7 Å². The van der Waals surface area contributed by atoms with Crippen molar-refractivity contribution in [3.63, 3.8) is 0 Å². The topological polar surface area (TPSA) is 41.3 Å². The molecule has 0 saturated carbocycles. The van der Waals surface area contributed by atoms with E-state index >= 15 is 0 Å². The maximum Gasteiger partial charge on any atom is 0.131 e. The fraction of sp³-hybridized carbons (Fsp3) is 0.211. The van der Waals surface area contributed by atoms with Gasteiger partial charge in [-0.15, -0.1) is 0 Å². The van der Waals surface area contributed by atoms with Gasteiger partial charge < -0.3 is 5.11 Å². The van der Waals surface area contributed by atoms with Gasteiger partial charge in [0.2, 0.25) is 0 Å². The molecule has 0 bridgehead atoms. The summed E-state index contributed by atoms with van der Waals surface area (Å²) < 4.78 is 29.2. The van der Waals surface area contributed by atoms with Gasteiger partial charge in [0.15, 0.2) is 0 Å². The Morgan fingerprint density at radius 2 is 1.76 bits per heavy atom. The summed E-state index contributed by atoms with van der Waals surface area (Å²) in [5.41, 5.74) is 1.59. The Kier molecular flexibility index (Phi) is 5.21. The van der Waals surface area contributed by atoms with Crippen molar-refractivity contribution in [1.82, 2.24) is 14.7 Å². The molecule has 3 rings (SSSR count). The summed E-state index contributed by atoms with van der Waals surface area (Å²) in [6, 6.07) is 13.3. The van der Waals surface area contributed by atoms with Crippen LogP contribution in [0.2, 0.25) is 0 Å². The number of aliphatic hydroxyl groups is 1. The molecule has 6 heteroatoms. The Balaban J connectivity index is 1.65. The number of rotatable bonds is 6. The van der Waals surface area contributed by atoms with Crippen LogP contribution in [0.4, 0.5) is 8.78 Å². The van der Waals surface area contributed by atoms with Gasteiger partial charge in [0.25, 0.3) is 0 Å². The van der Waals surface area contributed by atoms with Gasteiger partial charge in [0.1, 0.15) is 11.6 Å². The van der Waals surface area contributed by atoms with Crippen LogP contribution >= 0.6 is 0 Å². The number of hydrogen-bond acceptors (Lipinski definition) is 3. The van der Waals surface area contributed by atoms with Crippen molar-refractivity contribution >= 4 is 0 Å². The first-order chi connectivity index (χ1) is 12.0. The van der Waals surface area contributed by atoms with Crippen LogP contribution in [0, 0.1) is 11.6 Å². The smallest absolute Gasteiger partial charge is 0.131 e.